The topological polar surface area (TPSA) is 18.5 Å². The Morgan fingerprint density at radius 3 is 2.08 bits per heavy atom. The van der Waals surface area contributed by atoms with E-state index in [-0.39, 0.29) is 23.7 Å². The Balaban J connectivity index is 1.70. The molecule has 3 heteroatoms. The van der Waals surface area contributed by atoms with Crippen molar-refractivity contribution in [3.8, 4) is 11.1 Å². The summed E-state index contributed by atoms with van der Waals surface area (Å²) >= 11 is 0. The van der Waals surface area contributed by atoms with E-state index in [0.29, 0.717) is 0 Å². The third kappa shape index (κ3) is 1.70. The standard InChI is InChI=1S/C21H23BO2/c1-19(2)20(3,4)24-22(23-19)17-11-7-10-16-18(17)14-8-5-6-9-15(14)21(16)12-13-21/h5-11H,12-13H2,1-4H3. The fourth-order valence-electron chi connectivity index (χ4n) is 4.36. The van der Waals surface area contributed by atoms with Crippen LogP contribution in [0.25, 0.3) is 11.1 Å². The number of benzene rings is 2. The molecule has 2 fully saturated rings. The first-order chi connectivity index (χ1) is 11.4. The Kier molecular flexibility index (Phi) is 2.66. The number of hydrogen-bond donors (Lipinski definition) is 0. The van der Waals surface area contributed by atoms with Crippen LogP contribution in [0.3, 0.4) is 0 Å². The van der Waals surface area contributed by atoms with Gasteiger partial charge in [-0.05, 0) is 68.3 Å². The Bertz CT molecular complexity index is 833. The average molecular weight is 318 g/mol. The van der Waals surface area contributed by atoms with Crippen LogP contribution < -0.4 is 5.46 Å². The van der Waals surface area contributed by atoms with Crippen molar-refractivity contribution in [3.63, 3.8) is 0 Å². The molecule has 1 saturated carbocycles. The van der Waals surface area contributed by atoms with Gasteiger partial charge < -0.3 is 9.31 Å². The third-order valence-electron chi connectivity index (χ3n) is 6.58. The van der Waals surface area contributed by atoms with E-state index >= 15 is 0 Å². The van der Waals surface area contributed by atoms with Crippen LogP contribution in [0, 0.1) is 0 Å². The first kappa shape index (κ1) is 14.7. The van der Waals surface area contributed by atoms with Gasteiger partial charge in [-0.2, -0.15) is 0 Å². The van der Waals surface area contributed by atoms with Crippen LogP contribution in [0.15, 0.2) is 42.5 Å². The molecule has 0 radical (unpaired) electrons. The second-order valence-corrected chi connectivity index (χ2v) is 8.49. The van der Waals surface area contributed by atoms with E-state index in [9.17, 15) is 0 Å². The lowest BCUT2D eigenvalue weighted by atomic mass is 9.74. The normalized spacial score (nSPS) is 24.1. The van der Waals surface area contributed by atoms with Gasteiger partial charge in [-0.1, -0.05) is 42.5 Å². The summed E-state index contributed by atoms with van der Waals surface area (Å²) in [5.74, 6) is 0. The summed E-state index contributed by atoms with van der Waals surface area (Å²) in [4.78, 5) is 0. The first-order valence-electron chi connectivity index (χ1n) is 8.95. The van der Waals surface area contributed by atoms with Crippen molar-refractivity contribution in [1.29, 1.82) is 0 Å². The lowest BCUT2D eigenvalue weighted by Gasteiger charge is -2.32. The van der Waals surface area contributed by atoms with Crippen molar-refractivity contribution in [3.05, 3.63) is 53.6 Å². The molecule has 1 heterocycles. The Labute approximate surface area is 144 Å². The zero-order chi connectivity index (χ0) is 16.7. The van der Waals surface area contributed by atoms with Crippen LogP contribution >= 0.6 is 0 Å². The first-order valence-corrected chi connectivity index (χ1v) is 8.95. The van der Waals surface area contributed by atoms with Gasteiger partial charge in [0.15, 0.2) is 0 Å². The maximum Gasteiger partial charge on any atom is 0.495 e. The maximum atomic E-state index is 6.36. The molecule has 2 aromatic rings. The van der Waals surface area contributed by atoms with Crippen molar-refractivity contribution in [1.82, 2.24) is 0 Å². The predicted molar refractivity (Wildman–Crippen MR) is 97.6 cm³/mol. The predicted octanol–water partition coefficient (Wildman–Crippen LogP) is 4.05. The molecule has 0 unspecified atom stereocenters. The van der Waals surface area contributed by atoms with Crippen LogP contribution in [-0.4, -0.2) is 18.3 Å². The van der Waals surface area contributed by atoms with Crippen LogP contribution in [0.4, 0.5) is 0 Å². The second kappa shape index (κ2) is 4.33. The van der Waals surface area contributed by atoms with Gasteiger partial charge >= 0.3 is 7.12 Å². The van der Waals surface area contributed by atoms with E-state index in [2.05, 4.69) is 70.2 Å². The van der Waals surface area contributed by atoms with Crippen molar-refractivity contribution >= 4 is 12.6 Å². The molecule has 2 aromatic carbocycles. The molecule has 5 rings (SSSR count). The summed E-state index contributed by atoms with van der Waals surface area (Å²) in [6.45, 7) is 8.47. The lowest BCUT2D eigenvalue weighted by Crippen LogP contribution is -2.41. The highest BCUT2D eigenvalue weighted by Gasteiger charge is 2.56. The van der Waals surface area contributed by atoms with Crippen molar-refractivity contribution in [2.24, 2.45) is 0 Å². The Hall–Kier alpha value is -1.58. The molecule has 0 amide bonds. The number of hydrogen-bond acceptors (Lipinski definition) is 2. The van der Waals surface area contributed by atoms with Crippen molar-refractivity contribution in [2.75, 3.05) is 0 Å². The minimum Gasteiger partial charge on any atom is -0.399 e. The van der Waals surface area contributed by atoms with Crippen molar-refractivity contribution < 1.29 is 9.31 Å². The Morgan fingerprint density at radius 2 is 1.42 bits per heavy atom. The molecule has 0 N–H and O–H groups in total. The fourth-order valence-corrected chi connectivity index (χ4v) is 4.36. The highest BCUT2D eigenvalue weighted by Crippen LogP contribution is 2.62. The minimum absolute atomic E-state index is 0.256. The van der Waals surface area contributed by atoms with Gasteiger partial charge in [0.25, 0.3) is 0 Å². The number of fused-ring (bicyclic) bond motifs is 5. The highest BCUT2D eigenvalue weighted by molar-refractivity contribution is 6.64. The molecule has 2 nitrogen and oxygen atoms in total. The van der Waals surface area contributed by atoms with E-state index in [1.54, 1.807) is 0 Å². The van der Waals surface area contributed by atoms with E-state index in [1.807, 2.05) is 0 Å². The summed E-state index contributed by atoms with van der Waals surface area (Å²) < 4.78 is 12.7. The van der Waals surface area contributed by atoms with Gasteiger partial charge in [0.05, 0.1) is 11.2 Å². The smallest absolute Gasteiger partial charge is 0.399 e. The van der Waals surface area contributed by atoms with E-state index in [1.165, 1.54) is 40.6 Å². The van der Waals surface area contributed by atoms with Crippen molar-refractivity contribution in [2.45, 2.75) is 57.2 Å². The lowest BCUT2D eigenvalue weighted by molar-refractivity contribution is 0.00578. The molecular formula is C21H23BO2. The summed E-state index contributed by atoms with van der Waals surface area (Å²) in [6.07, 6.45) is 2.51. The van der Waals surface area contributed by atoms with Crippen LogP contribution in [0.1, 0.15) is 51.7 Å². The highest BCUT2D eigenvalue weighted by atomic mass is 16.7. The molecule has 1 spiro atoms. The zero-order valence-corrected chi connectivity index (χ0v) is 14.8. The molecule has 2 aliphatic carbocycles. The second-order valence-electron chi connectivity index (χ2n) is 8.49. The number of rotatable bonds is 1. The summed E-state index contributed by atoms with van der Waals surface area (Å²) in [5.41, 5.74) is 6.50. The largest absolute Gasteiger partial charge is 0.495 e. The van der Waals surface area contributed by atoms with Crippen LogP contribution in [0.5, 0.6) is 0 Å². The molecule has 0 atom stereocenters. The summed E-state index contributed by atoms with van der Waals surface area (Å²) in [5, 5.41) is 0. The van der Waals surface area contributed by atoms with E-state index < -0.39 is 0 Å². The zero-order valence-electron chi connectivity index (χ0n) is 14.8. The average Bonchev–Trinajstić information content (AvgIpc) is 3.24. The molecular weight excluding hydrogens is 295 g/mol. The molecule has 1 saturated heterocycles. The fraction of sp³-hybridized carbons (Fsp3) is 0.429. The molecule has 122 valence electrons. The van der Waals surface area contributed by atoms with Gasteiger partial charge in [-0.3, -0.25) is 0 Å². The Morgan fingerprint density at radius 1 is 0.792 bits per heavy atom. The molecule has 24 heavy (non-hydrogen) atoms. The van der Waals surface area contributed by atoms with Gasteiger partial charge in [-0.15, -0.1) is 0 Å². The SMILES string of the molecule is CC1(C)OB(c2cccc3c2-c2ccccc2C32CC2)OC1(C)C. The van der Waals surface area contributed by atoms with E-state index in [4.69, 9.17) is 9.31 Å². The third-order valence-corrected chi connectivity index (χ3v) is 6.58. The molecule has 0 aromatic heterocycles. The molecule has 0 bridgehead atoms. The molecule has 3 aliphatic rings. The quantitative estimate of drug-likeness (QED) is 0.739. The van der Waals surface area contributed by atoms with Gasteiger partial charge in [0.2, 0.25) is 0 Å². The van der Waals surface area contributed by atoms with Crippen LogP contribution in [0.2, 0.25) is 0 Å². The van der Waals surface area contributed by atoms with E-state index in [0.717, 1.165) is 0 Å². The molecule has 1 aliphatic heterocycles. The summed E-state index contributed by atoms with van der Waals surface area (Å²) in [6, 6.07) is 15.5. The monoisotopic (exact) mass is 318 g/mol. The van der Waals surface area contributed by atoms with Gasteiger partial charge in [0.1, 0.15) is 0 Å². The van der Waals surface area contributed by atoms with Gasteiger partial charge in [0, 0.05) is 5.41 Å². The van der Waals surface area contributed by atoms with Gasteiger partial charge in [-0.25, -0.2) is 0 Å². The maximum absolute atomic E-state index is 6.36. The minimum atomic E-state index is -0.310. The van der Waals surface area contributed by atoms with Crippen LogP contribution in [-0.2, 0) is 14.7 Å². The summed E-state index contributed by atoms with van der Waals surface area (Å²) in [7, 11) is -0.299.